The summed E-state index contributed by atoms with van der Waals surface area (Å²) in [5.74, 6) is 0. The Balaban J connectivity index is 1.82. The first kappa shape index (κ1) is 13.1. The molecule has 0 saturated carbocycles. The topological polar surface area (TPSA) is 25.8 Å². The lowest BCUT2D eigenvalue weighted by atomic mass is 10.1. The molecule has 2 nitrogen and oxygen atoms in total. The maximum atomic E-state index is 4.33. The number of hydrogen-bond acceptors (Lipinski definition) is 3. The lowest BCUT2D eigenvalue weighted by Crippen LogP contribution is -2.00. The van der Waals surface area contributed by atoms with Gasteiger partial charge >= 0.3 is 0 Å². The van der Waals surface area contributed by atoms with Crippen LogP contribution in [0.25, 0.3) is 0 Å². The van der Waals surface area contributed by atoms with Crippen LogP contribution in [-0.4, -0.2) is 15.2 Å². The SMILES string of the molecule is Cc1cnc(SC(C)CCc2ccccc2)nc1. The average Bonchev–Trinajstić information content (AvgIpc) is 2.40. The zero-order chi connectivity index (χ0) is 12.8. The summed E-state index contributed by atoms with van der Waals surface area (Å²) in [7, 11) is 0. The Morgan fingerprint density at radius 3 is 2.44 bits per heavy atom. The van der Waals surface area contributed by atoms with E-state index in [0.29, 0.717) is 5.25 Å². The number of hydrogen-bond donors (Lipinski definition) is 0. The van der Waals surface area contributed by atoms with E-state index < -0.39 is 0 Å². The van der Waals surface area contributed by atoms with Crippen molar-refractivity contribution in [3.05, 3.63) is 53.9 Å². The van der Waals surface area contributed by atoms with Crippen LogP contribution in [0.1, 0.15) is 24.5 Å². The summed E-state index contributed by atoms with van der Waals surface area (Å²) in [5, 5.41) is 1.41. The molecule has 0 aliphatic heterocycles. The number of aromatic nitrogens is 2. The second-order valence-electron chi connectivity index (χ2n) is 4.50. The maximum Gasteiger partial charge on any atom is 0.187 e. The summed E-state index contributed by atoms with van der Waals surface area (Å²) in [6.07, 6.45) is 6.01. The Hall–Kier alpha value is -1.35. The van der Waals surface area contributed by atoms with Gasteiger partial charge in [0.25, 0.3) is 0 Å². The molecule has 3 heteroatoms. The molecule has 0 saturated heterocycles. The molecule has 0 radical (unpaired) electrons. The summed E-state index contributed by atoms with van der Waals surface area (Å²) in [5.41, 5.74) is 2.51. The van der Waals surface area contributed by atoms with Gasteiger partial charge in [0.15, 0.2) is 5.16 Å². The van der Waals surface area contributed by atoms with Crippen molar-refractivity contribution < 1.29 is 0 Å². The molecule has 18 heavy (non-hydrogen) atoms. The van der Waals surface area contributed by atoms with Crippen LogP contribution in [-0.2, 0) is 6.42 Å². The van der Waals surface area contributed by atoms with Gasteiger partial charge in [0, 0.05) is 17.6 Å². The number of benzene rings is 1. The molecule has 1 atom stereocenters. The highest BCUT2D eigenvalue weighted by Crippen LogP contribution is 2.22. The van der Waals surface area contributed by atoms with E-state index in [4.69, 9.17) is 0 Å². The van der Waals surface area contributed by atoms with Crippen molar-refractivity contribution in [3.63, 3.8) is 0 Å². The van der Waals surface area contributed by atoms with Crippen LogP contribution in [0.5, 0.6) is 0 Å². The molecule has 0 bridgehead atoms. The van der Waals surface area contributed by atoms with Crippen LogP contribution in [0.15, 0.2) is 47.9 Å². The lowest BCUT2D eigenvalue weighted by Gasteiger charge is -2.09. The molecule has 0 fully saturated rings. The Morgan fingerprint density at radius 1 is 1.11 bits per heavy atom. The Labute approximate surface area is 113 Å². The fourth-order valence-electron chi connectivity index (χ4n) is 1.70. The van der Waals surface area contributed by atoms with E-state index in [0.717, 1.165) is 23.6 Å². The van der Waals surface area contributed by atoms with Crippen molar-refractivity contribution in [3.8, 4) is 0 Å². The van der Waals surface area contributed by atoms with Gasteiger partial charge in [0.05, 0.1) is 0 Å². The highest BCUT2D eigenvalue weighted by molar-refractivity contribution is 7.99. The van der Waals surface area contributed by atoms with Crippen molar-refractivity contribution in [1.82, 2.24) is 9.97 Å². The number of rotatable bonds is 5. The van der Waals surface area contributed by atoms with E-state index in [9.17, 15) is 0 Å². The third-order valence-electron chi connectivity index (χ3n) is 2.75. The molecule has 0 spiro atoms. The Morgan fingerprint density at radius 2 is 1.78 bits per heavy atom. The number of aryl methyl sites for hydroxylation is 2. The van der Waals surface area contributed by atoms with E-state index in [1.807, 2.05) is 19.3 Å². The normalized spacial score (nSPS) is 12.3. The van der Waals surface area contributed by atoms with Crippen LogP contribution in [0, 0.1) is 6.92 Å². The molecule has 0 N–H and O–H groups in total. The predicted molar refractivity (Wildman–Crippen MR) is 76.9 cm³/mol. The molecule has 0 amide bonds. The summed E-state index contributed by atoms with van der Waals surface area (Å²) < 4.78 is 0. The van der Waals surface area contributed by atoms with Crippen molar-refractivity contribution in [2.75, 3.05) is 0 Å². The van der Waals surface area contributed by atoms with Gasteiger partial charge in [-0.1, -0.05) is 49.0 Å². The van der Waals surface area contributed by atoms with Gasteiger partial charge in [0.2, 0.25) is 0 Å². The van der Waals surface area contributed by atoms with Crippen LogP contribution in [0.4, 0.5) is 0 Å². The van der Waals surface area contributed by atoms with Crippen molar-refractivity contribution in [2.24, 2.45) is 0 Å². The molecular formula is C15H18N2S. The third kappa shape index (κ3) is 4.15. The molecule has 0 aliphatic rings. The molecule has 1 unspecified atom stereocenters. The first-order valence-electron chi connectivity index (χ1n) is 6.23. The maximum absolute atomic E-state index is 4.33. The minimum atomic E-state index is 0.535. The fourth-order valence-corrected chi connectivity index (χ4v) is 2.52. The van der Waals surface area contributed by atoms with E-state index in [-0.39, 0.29) is 0 Å². The quantitative estimate of drug-likeness (QED) is 0.601. The standard InChI is InChI=1S/C15H18N2S/c1-12-10-16-15(17-11-12)18-13(2)8-9-14-6-4-3-5-7-14/h3-7,10-11,13H,8-9H2,1-2H3. The van der Waals surface area contributed by atoms with Crippen molar-refractivity contribution in [1.29, 1.82) is 0 Å². The van der Waals surface area contributed by atoms with E-state index >= 15 is 0 Å². The van der Waals surface area contributed by atoms with E-state index in [1.165, 1.54) is 5.56 Å². The minimum Gasteiger partial charge on any atom is -0.231 e. The predicted octanol–water partition coefficient (Wildman–Crippen LogP) is 3.90. The summed E-state index contributed by atoms with van der Waals surface area (Å²) >= 11 is 1.75. The summed E-state index contributed by atoms with van der Waals surface area (Å²) in [6.45, 7) is 4.24. The average molecular weight is 258 g/mol. The van der Waals surface area contributed by atoms with Gasteiger partial charge < -0.3 is 0 Å². The lowest BCUT2D eigenvalue weighted by molar-refractivity contribution is 0.804. The third-order valence-corrected chi connectivity index (χ3v) is 3.81. The molecular weight excluding hydrogens is 240 g/mol. The summed E-state index contributed by atoms with van der Waals surface area (Å²) in [4.78, 5) is 8.65. The van der Waals surface area contributed by atoms with Gasteiger partial charge in [-0.2, -0.15) is 0 Å². The van der Waals surface area contributed by atoms with Gasteiger partial charge in [-0.3, -0.25) is 0 Å². The fraction of sp³-hybridized carbons (Fsp3) is 0.333. The van der Waals surface area contributed by atoms with E-state index in [2.05, 4.69) is 47.2 Å². The second-order valence-corrected chi connectivity index (χ2v) is 5.90. The zero-order valence-electron chi connectivity index (χ0n) is 10.8. The molecule has 2 aromatic rings. The van der Waals surface area contributed by atoms with Gasteiger partial charge in [-0.25, -0.2) is 9.97 Å². The molecule has 1 aromatic carbocycles. The van der Waals surface area contributed by atoms with Gasteiger partial charge in [0.1, 0.15) is 0 Å². The van der Waals surface area contributed by atoms with Crippen LogP contribution in [0.2, 0.25) is 0 Å². The van der Waals surface area contributed by atoms with Gasteiger partial charge in [-0.05, 0) is 30.9 Å². The van der Waals surface area contributed by atoms with Gasteiger partial charge in [-0.15, -0.1) is 0 Å². The molecule has 2 rings (SSSR count). The van der Waals surface area contributed by atoms with Crippen LogP contribution in [0.3, 0.4) is 0 Å². The largest absolute Gasteiger partial charge is 0.231 e. The first-order chi connectivity index (χ1) is 8.74. The number of thioether (sulfide) groups is 1. The highest BCUT2D eigenvalue weighted by atomic mass is 32.2. The minimum absolute atomic E-state index is 0.535. The van der Waals surface area contributed by atoms with Crippen LogP contribution < -0.4 is 0 Å². The molecule has 0 aliphatic carbocycles. The van der Waals surface area contributed by atoms with Crippen molar-refractivity contribution >= 4 is 11.8 Å². The molecule has 1 aromatic heterocycles. The Bertz CT molecular complexity index is 468. The monoisotopic (exact) mass is 258 g/mol. The van der Waals surface area contributed by atoms with Crippen LogP contribution >= 0.6 is 11.8 Å². The van der Waals surface area contributed by atoms with Crippen molar-refractivity contribution in [2.45, 2.75) is 37.1 Å². The zero-order valence-corrected chi connectivity index (χ0v) is 11.7. The first-order valence-corrected chi connectivity index (χ1v) is 7.11. The molecule has 94 valence electrons. The number of nitrogens with zero attached hydrogens (tertiary/aromatic N) is 2. The van der Waals surface area contributed by atoms with E-state index in [1.54, 1.807) is 11.8 Å². The summed E-state index contributed by atoms with van der Waals surface area (Å²) in [6, 6.07) is 10.6. The smallest absolute Gasteiger partial charge is 0.187 e. The molecule has 1 heterocycles. The highest BCUT2D eigenvalue weighted by Gasteiger charge is 2.06. The second kappa shape index (κ2) is 6.55. The Kier molecular flexibility index (Phi) is 4.76.